The van der Waals surface area contributed by atoms with E-state index in [0.29, 0.717) is 10.9 Å². The fraction of sp³-hybridized carbons (Fsp3) is 0.333. The van der Waals surface area contributed by atoms with E-state index in [1.54, 1.807) is 11.9 Å². The van der Waals surface area contributed by atoms with E-state index in [1.165, 1.54) is 4.90 Å². The first-order valence-corrected chi connectivity index (χ1v) is 12.4. The number of imide groups is 1. The van der Waals surface area contributed by atoms with Gasteiger partial charge in [-0.05, 0) is 46.5 Å². The first-order valence-electron chi connectivity index (χ1n) is 12.0. The molecule has 0 saturated carbocycles. The summed E-state index contributed by atoms with van der Waals surface area (Å²) >= 11 is 6.12. The van der Waals surface area contributed by atoms with Gasteiger partial charge in [0.1, 0.15) is 18.5 Å². The van der Waals surface area contributed by atoms with E-state index in [1.807, 2.05) is 66.7 Å². The van der Waals surface area contributed by atoms with Crippen molar-refractivity contribution in [1.82, 2.24) is 20.0 Å². The van der Waals surface area contributed by atoms with Gasteiger partial charge in [-0.25, -0.2) is 4.79 Å². The maximum Gasteiger partial charge on any atom is 0.328 e. The van der Waals surface area contributed by atoms with Crippen LogP contribution in [0.15, 0.2) is 66.7 Å². The highest BCUT2D eigenvalue weighted by atomic mass is 35.5. The van der Waals surface area contributed by atoms with Gasteiger partial charge in [-0.1, -0.05) is 61.0 Å². The zero-order valence-electron chi connectivity index (χ0n) is 19.8. The van der Waals surface area contributed by atoms with Gasteiger partial charge >= 0.3 is 6.03 Å². The Kier molecular flexibility index (Phi) is 5.44. The van der Waals surface area contributed by atoms with E-state index in [-0.39, 0.29) is 30.9 Å². The third-order valence-electron chi connectivity index (χ3n) is 7.45. The van der Waals surface area contributed by atoms with E-state index in [4.69, 9.17) is 11.6 Å². The number of benzene rings is 3. The summed E-state index contributed by atoms with van der Waals surface area (Å²) in [6.07, 6.45) is -0.567. The predicted molar refractivity (Wildman–Crippen MR) is 137 cm³/mol. The Morgan fingerprint density at radius 2 is 1.71 bits per heavy atom. The van der Waals surface area contributed by atoms with Crippen LogP contribution < -0.4 is 10.2 Å². The van der Waals surface area contributed by atoms with Gasteiger partial charge in [0.15, 0.2) is 0 Å². The Labute approximate surface area is 209 Å². The SMILES string of the molecule is CC1CN(c2ccc(Cl)cc2)C2NC3C(C(=O)N(Cc4cccc5ccccc45)C(=O)N3C)N2C1. The summed E-state index contributed by atoms with van der Waals surface area (Å²) in [5, 5.41) is 6.42. The van der Waals surface area contributed by atoms with Crippen molar-refractivity contribution >= 4 is 40.0 Å². The molecule has 4 atom stereocenters. The predicted octanol–water partition coefficient (Wildman–Crippen LogP) is 3.93. The fourth-order valence-corrected chi connectivity index (χ4v) is 5.92. The molecule has 0 radical (unpaired) electrons. The molecule has 1 N–H and O–H groups in total. The average Bonchev–Trinajstić information content (AvgIpc) is 3.25. The molecule has 3 heterocycles. The number of likely N-dealkylation sites (N-methyl/N-ethyl adjacent to an activating group) is 1. The second-order valence-electron chi connectivity index (χ2n) is 9.82. The number of carbonyl (C=O) groups is 2. The van der Waals surface area contributed by atoms with Gasteiger partial charge in [-0.3, -0.25) is 19.9 Å². The van der Waals surface area contributed by atoms with E-state index in [9.17, 15) is 9.59 Å². The van der Waals surface area contributed by atoms with Crippen molar-refractivity contribution < 1.29 is 9.59 Å². The van der Waals surface area contributed by atoms with Crippen LogP contribution in [0.2, 0.25) is 5.02 Å². The summed E-state index contributed by atoms with van der Waals surface area (Å²) in [7, 11) is 1.78. The number of nitrogens with zero attached hydrogens (tertiary/aromatic N) is 4. The molecule has 3 saturated heterocycles. The minimum absolute atomic E-state index is 0.147. The lowest BCUT2D eigenvalue weighted by atomic mass is 10.0. The number of hydrogen-bond donors (Lipinski definition) is 1. The maximum absolute atomic E-state index is 13.9. The number of rotatable bonds is 3. The minimum Gasteiger partial charge on any atom is -0.343 e. The van der Waals surface area contributed by atoms with E-state index < -0.39 is 6.04 Å². The zero-order chi connectivity index (χ0) is 24.3. The van der Waals surface area contributed by atoms with E-state index in [0.717, 1.165) is 35.1 Å². The summed E-state index contributed by atoms with van der Waals surface area (Å²) in [5.41, 5.74) is 2.00. The summed E-state index contributed by atoms with van der Waals surface area (Å²) in [6, 6.07) is 21.2. The third kappa shape index (κ3) is 3.66. The first-order chi connectivity index (χ1) is 16.9. The normalized spacial score (nSPS) is 26.9. The molecule has 0 aromatic heterocycles. The number of hydrogen-bond acceptors (Lipinski definition) is 5. The standard InChI is InChI=1S/C27H28ClN5O2/c1-17-14-31(21-12-10-20(28)11-13-21)26-29-24-23(32(26)15-17)25(34)33(27(35)30(24)2)16-19-8-5-7-18-6-3-4-9-22(18)19/h3-13,17,23-24,26,29H,14-16H2,1-2H3. The molecular formula is C27H28ClN5O2. The monoisotopic (exact) mass is 489 g/mol. The quantitative estimate of drug-likeness (QED) is 0.604. The minimum atomic E-state index is -0.449. The van der Waals surface area contributed by atoms with Crippen LogP contribution >= 0.6 is 11.6 Å². The third-order valence-corrected chi connectivity index (χ3v) is 7.70. The molecule has 35 heavy (non-hydrogen) atoms. The van der Waals surface area contributed by atoms with Crippen LogP contribution in [-0.4, -0.2) is 65.3 Å². The van der Waals surface area contributed by atoms with Gasteiger partial charge in [-0.15, -0.1) is 0 Å². The lowest BCUT2D eigenvalue weighted by Gasteiger charge is -2.46. The van der Waals surface area contributed by atoms with Crippen LogP contribution in [0.1, 0.15) is 12.5 Å². The molecule has 0 aliphatic carbocycles. The van der Waals surface area contributed by atoms with Gasteiger partial charge in [-0.2, -0.15) is 0 Å². The van der Waals surface area contributed by atoms with Crippen molar-refractivity contribution in [3.05, 3.63) is 77.3 Å². The Balaban J connectivity index is 1.33. The van der Waals surface area contributed by atoms with Gasteiger partial charge in [0, 0.05) is 30.8 Å². The zero-order valence-corrected chi connectivity index (χ0v) is 20.5. The molecule has 4 unspecified atom stereocenters. The molecule has 7 nitrogen and oxygen atoms in total. The first kappa shape index (κ1) is 22.3. The number of halogens is 1. The van der Waals surface area contributed by atoms with Crippen molar-refractivity contribution in [2.24, 2.45) is 5.92 Å². The summed E-state index contributed by atoms with van der Waals surface area (Å²) < 4.78 is 0. The van der Waals surface area contributed by atoms with Crippen LogP contribution in [-0.2, 0) is 11.3 Å². The number of anilines is 1. The Bertz CT molecular complexity index is 1290. The van der Waals surface area contributed by atoms with Crippen molar-refractivity contribution in [2.45, 2.75) is 32.0 Å². The number of carbonyl (C=O) groups excluding carboxylic acids is 2. The maximum atomic E-state index is 13.9. The van der Waals surface area contributed by atoms with Crippen molar-refractivity contribution in [3.8, 4) is 0 Å². The Hall–Kier alpha value is -3.13. The van der Waals surface area contributed by atoms with Crippen LogP contribution in [0.5, 0.6) is 0 Å². The van der Waals surface area contributed by atoms with Crippen LogP contribution in [0.25, 0.3) is 10.8 Å². The molecule has 6 rings (SSSR count). The lowest BCUT2D eigenvalue weighted by Crippen LogP contribution is -2.66. The highest BCUT2D eigenvalue weighted by Crippen LogP contribution is 2.35. The summed E-state index contributed by atoms with van der Waals surface area (Å²) in [5.74, 6) is 0.205. The molecule has 0 spiro atoms. The lowest BCUT2D eigenvalue weighted by molar-refractivity contribution is -0.139. The van der Waals surface area contributed by atoms with Crippen LogP contribution in [0, 0.1) is 5.92 Å². The van der Waals surface area contributed by atoms with Crippen molar-refractivity contribution in [3.63, 3.8) is 0 Å². The number of amides is 3. The second kappa shape index (κ2) is 8.52. The molecule has 3 aromatic rings. The highest BCUT2D eigenvalue weighted by molar-refractivity contribution is 6.30. The molecule has 3 aliphatic heterocycles. The summed E-state index contributed by atoms with van der Waals surface area (Å²) in [6.45, 7) is 4.07. The number of fused-ring (bicyclic) bond motifs is 4. The fourth-order valence-electron chi connectivity index (χ4n) is 5.80. The Morgan fingerprint density at radius 1 is 0.971 bits per heavy atom. The topological polar surface area (TPSA) is 59.1 Å². The smallest absolute Gasteiger partial charge is 0.328 e. The van der Waals surface area contributed by atoms with E-state index >= 15 is 0 Å². The average molecular weight is 490 g/mol. The highest BCUT2D eigenvalue weighted by Gasteiger charge is 2.56. The molecule has 3 amide bonds. The molecule has 180 valence electrons. The summed E-state index contributed by atoms with van der Waals surface area (Å²) in [4.78, 5) is 34.9. The van der Waals surface area contributed by atoms with Gasteiger partial charge in [0.25, 0.3) is 5.91 Å². The molecule has 3 aromatic carbocycles. The largest absolute Gasteiger partial charge is 0.343 e. The van der Waals surface area contributed by atoms with Crippen molar-refractivity contribution in [2.75, 3.05) is 25.0 Å². The second-order valence-corrected chi connectivity index (χ2v) is 10.3. The van der Waals surface area contributed by atoms with Crippen LogP contribution in [0.4, 0.5) is 10.5 Å². The molecule has 8 heteroatoms. The van der Waals surface area contributed by atoms with Crippen molar-refractivity contribution in [1.29, 1.82) is 0 Å². The number of urea groups is 1. The van der Waals surface area contributed by atoms with Gasteiger partial charge in [0.2, 0.25) is 0 Å². The molecular weight excluding hydrogens is 462 g/mol. The molecule has 0 bridgehead atoms. The van der Waals surface area contributed by atoms with Gasteiger partial charge < -0.3 is 9.80 Å². The van der Waals surface area contributed by atoms with Crippen LogP contribution in [0.3, 0.4) is 0 Å². The molecule has 3 aliphatic rings. The number of nitrogens with one attached hydrogen (secondary N) is 1. The van der Waals surface area contributed by atoms with Gasteiger partial charge in [0.05, 0.1) is 6.54 Å². The Morgan fingerprint density at radius 3 is 2.51 bits per heavy atom. The van der Waals surface area contributed by atoms with E-state index in [2.05, 4.69) is 22.0 Å². The molecule has 3 fully saturated rings.